The van der Waals surface area contributed by atoms with Gasteiger partial charge in [-0.15, -0.1) is 11.6 Å². The maximum Gasteiger partial charge on any atom is 0.188 e. The molecule has 5 aliphatic rings. The first kappa shape index (κ1) is 25.1. The first-order valence-electron chi connectivity index (χ1n) is 12.8. The second-order valence-electron chi connectivity index (χ2n) is 11.0. The second kappa shape index (κ2) is 9.36. The number of Topliss-reactive ketones (excluding diaryl/α,β-unsaturated/α-hetero) is 2. The summed E-state index contributed by atoms with van der Waals surface area (Å²) in [6.45, 7) is 1.97. The van der Waals surface area contributed by atoms with Gasteiger partial charge in [0.2, 0.25) is 0 Å². The topological polar surface area (TPSA) is 86.3 Å². The number of hydrogen-bond acceptors (Lipinski definition) is 8. The summed E-state index contributed by atoms with van der Waals surface area (Å²) in [6.07, 6.45) is 4.30. The Labute approximate surface area is 207 Å². The van der Waals surface area contributed by atoms with E-state index in [1.807, 2.05) is 14.0 Å². The average Bonchev–Trinajstić information content (AvgIpc) is 3.33. The molecule has 0 radical (unpaired) electrons. The third-order valence-corrected chi connectivity index (χ3v) is 10.1. The number of methoxy groups -OCH3 is 3. The summed E-state index contributed by atoms with van der Waals surface area (Å²) in [5, 5.41) is 1.59. The summed E-state index contributed by atoms with van der Waals surface area (Å²) in [7, 11) is 7.00. The number of halogens is 1. The Kier molecular flexibility index (Phi) is 6.90. The van der Waals surface area contributed by atoms with Gasteiger partial charge >= 0.3 is 0 Å². The van der Waals surface area contributed by atoms with Gasteiger partial charge in [0.15, 0.2) is 17.2 Å². The summed E-state index contributed by atoms with van der Waals surface area (Å²) in [5.41, 5.74) is 2.08. The van der Waals surface area contributed by atoms with Crippen molar-refractivity contribution in [2.24, 2.45) is 23.7 Å². The molecule has 0 amide bonds. The highest BCUT2D eigenvalue weighted by Crippen LogP contribution is 2.53. The third-order valence-electron chi connectivity index (χ3n) is 9.57. The Balaban J connectivity index is 1.51. The maximum atomic E-state index is 14.5. The zero-order valence-corrected chi connectivity index (χ0v) is 21.6. The van der Waals surface area contributed by atoms with Gasteiger partial charge in [-0.1, -0.05) is 19.8 Å². The SMILES string of the molecule is COC1CC(OC)C2C(=O)[C@@]3(OC2C1Cl)C(=O)C1C(C[C@H]3C)NN(C)C1C1CCCCC1OC. The first-order chi connectivity index (χ1) is 16.3. The number of hydrogen-bond donors (Lipinski definition) is 1. The zero-order chi connectivity index (χ0) is 24.4. The number of hydrazine groups is 1. The molecule has 34 heavy (non-hydrogen) atoms. The van der Waals surface area contributed by atoms with Crippen LogP contribution >= 0.6 is 11.6 Å². The predicted octanol–water partition coefficient (Wildman–Crippen LogP) is 1.97. The van der Waals surface area contributed by atoms with Crippen LogP contribution in [0.25, 0.3) is 0 Å². The zero-order valence-electron chi connectivity index (χ0n) is 20.9. The van der Waals surface area contributed by atoms with Crippen LogP contribution < -0.4 is 5.43 Å². The van der Waals surface area contributed by atoms with E-state index in [-0.39, 0.29) is 59.7 Å². The lowest BCUT2D eigenvalue weighted by atomic mass is 9.61. The molecule has 5 rings (SSSR count). The van der Waals surface area contributed by atoms with Crippen LogP contribution in [0.3, 0.4) is 0 Å². The molecule has 0 aromatic rings. The van der Waals surface area contributed by atoms with Gasteiger partial charge in [-0.25, -0.2) is 5.01 Å². The van der Waals surface area contributed by atoms with Crippen molar-refractivity contribution < 1.29 is 28.5 Å². The highest BCUT2D eigenvalue weighted by Gasteiger charge is 2.71. The highest BCUT2D eigenvalue weighted by atomic mass is 35.5. The molecule has 9 heteroatoms. The summed E-state index contributed by atoms with van der Waals surface area (Å²) >= 11 is 6.79. The molecular formula is C25H39ClN2O6. The van der Waals surface area contributed by atoms with Crippen molar-refractivity contribution >= 4 is 23.2 Å². The molecule has 1 spiro atoms. The lowest BCUT2D eigenvalue weighted by Crippen LogP contribution is -2.62. The van der Waals surface area contributed by atoms with Crippen LogP contribution in [0.4, 0.5) is 0 Å². The second-order valence-corrected chi connectivity index (χ2v) is 11.5. The summed E-state index contributed by atoms with van der Waals surface area (Å²) in [5.74, 6) is -1.17. The fraction of sp³-hybridized carbons (Fsp3) is 0.920. The van der Waals surface area contributed by atoms with Gasteiger partial charge < -0.3 is 18.9 Å². The number of nitrogens with one attached hydrogen (secondary N) is 1. The van der Waals surface area contributed by atoms with Crippen molar-refractivity contribution in [1.29, 1.82) is 0 Å². The minimum Gasteiger partial charge on any atom is -0.381 e. The number of ketones is 2. The lowest BCUT2D eigenvalue weighted by molar-refractivity contribution is -0.171. The van der Waals surface area contributed by atoms with Gasteiger partial charge in [0, 0.05) is 58.7 Å². The van der Waals surface area contributed by atoms with Gasteiger partial charge in [-0.3, -0.25) is 15.0 Å². The van der Waals surface area contributed by atoms with Crippen molar-refractivity contribution in [2.75, 3.05) is 28.4 Å². The number of nitrogens with zero attached hydrogens (tertiary/aromatic N) is 1. The van der Waals surface area contributed by atoms with Crippen molar-refractivity contribution in [3.8, 4) is 0 Å². The van der Waals surface area contributed by atoms with Crippen LogP contribution in [-0.2, 0) is 28.5 Å². The van der Waals surface area contributed by atoms with Crippen LogP contribution in [0.15, 0.2) is 0 Å². The monoisotopic (exact) mass is 498 g/mol. The van der Waals surface area contributed by atoms with Gasteiger partial charge in [0.05, 0.1) is 41.6 Å². The van der Waals surface area contributed by atoms with Crippen molar-refractivity contribution in [3.05, 3.63) is 0 Å². The van der Waals surface area contributed by atoms with E-state index in [1.54, 1.807) is 21.3 Å². The number of fused-ring (bicyclic) bond motifs is 2. The molecule has 8 nitrogen and oxygen atoms in total. The fourth-order valence-corrected chi connectivity index (χ4v) is 8.37. The Morgan fingerprint density at radius 3 is 2.29 bits per heavy atom. The van der Waals surface area contributed by atoms with Crippen LogP contribution in [-0.4, -0.2) is 92.4 Å². The van der Waals surface area contributed by atoms with E-state index in [0.717, 1.165) is 25.7 Å². The number of carbonyl (C=O) groups excluding carboxylic acids is 2. The molecule has 0 bridgehead atoms. The first-order valence-corrected chi connectivity index (χ1v) is 13.2. The van der Waals surface area contributed by atoms with Crippen LogP contribution in [0.1, 0.15) is 45.4 Å². The average molecular weight is 499 g/mol. The molecule has 1 N–H and O–H groups in total. The maximum absolute atomic E-state index is 14.5. The largest absolute Gasteiger partial charge is 0.381 e. The fourth-order valence-electron chi connectivity index (χ4n) is 7.95. The summed E-state index contributed by atoms with van der Waals surface area (Å²) < 4.78 is 23.8. The van der Waals surface area contributed by atoms with E-state index in [2.05, 4.69) is 10.4 Å². The van der Waals surface area contributed by atoms with E-state index in [1.165, 1.54) is 0 Å². The summed E-state index contributed by atoms with van der Waals surface area (Å²) in [4.78, 5) is 28.6. The smallest absolute Gasteiger partial charge is 0.188 e. The molecule has 3 saturated carbocycles. The standard InChI is InChI=1S/C25H39ClN2O6/c1-12-10-14-18(21(28(2)27-14)13-8-6-7-9-15(13)31-3)23(29)25(12)24(30)19-16(32-4)11-17(33-5)20(26)22(19)34-25/h12-22,27H,6-11H2,1-5H3/t12-,13?,14?,15?,16?,17?,18?,19?,20?,21?,22?,25+/m1/s1. The van der Waals surface area contributed by atoms with E-state index in [9.17, 15) is 9.59 Å². The van der Waals surface area contributed by atoms with Crippen molar-refractivity contribution in [1.82, 2.24) is 10.4 Å². The molecule has 2 aliphatic heterocycles. The van der Waals surface area contributed by atoms with Gasteiger partial charge in [-0.05, 0) is 19.3 Å². The normalized spacial score (nSPS) is 51.6. The number of carbonyl (C=O) groups is 2. The van der Waals surface area contributed by atoms with E-state index < -0.39 is 23.0 Å². The van der Waals surface area contributed by atoms with Crippen LogP contribution in [0, 0.1) is 23.7 Å². The summed E-state index contributed by atoms with van der Waals surface area (Å²) in [6, 6.07) is -0.0544. The van der Waals surface area contributed by atoms with Gasteiger partial charge in [0.25, 0.3) is 0 Å². The Morgan fingerprint density at radius 2 is 1.62 bits per heavy atom. The molecule has 10 unspecified atom stereocenters. The van der Waals surface area contributed by atoms with E-state index in [4.69, 9.17) is 30.5 Å². The Morgan fingerprint density at radius 1 is 0.971 bits per heavy atom. The molecule has 3 aliphatic carbocycles. The Hall–Kier alpha value is -0.610. The molecule has 2 saturated heterocycles. The molecule has 0 aromatic carbocycles. The Bertz CT molecular complexity index is 814. The molecule has 0 aromatic heterocycles. The number of ether oxygens (including phenoxy) is 4. The van der Waals surface area contributed by atoms with Crippen molar-refractivity contribution in [3.63, 3.8) is 0 Å². The van der Waals surface area contributed by atoms with Crippen LogP contribution in [0.5, 0.6) is 0 Å². The van der Waals surface area contributed by atoms with E-state index in [0.29, 0.717) is 12.8 Å². The van der Waals surface area contributed by atoms with Gasteiger partial charge in [0.1, 0.15) is 0 Å². The minimum absolute atomic E-state index is 0.0154. The molecule has 12 atom stereocenters. The predicted molar refractivity (Wildman–Crippen MR) is 125 cm³/mol. The minimum atomic E-state index is -1.48. The number of alkyl halides is 1. The third kappa shape index (κ3) is 3.47. The molecule has 2 heterocycles. The van der Waals surface area contributed by atoms with Crippen molar-refractivity contribution in [2.45, 2.75) is 92.9 Å². The highest BCUT2D eigenvalue weighted by molar-refractivity contribution is 6.23. The van der Waals surface area contributed by atoms with Crippen LogP contribution in [0.2, 0.25) is 0 Å². The van der Waals surface area contributed by atoms with E-state index >= 15 is 0 Å². The molecular weight excluding hydrogens is 460 g/mol. The molecule has 5 fully saturated rings. The lowest BCUT2D eigenvalue weighted by Gasteiger charge is -2.45. The molecule has 192 valence electrons. The number of rotatable bonds is 4. The van der Waals surface area contributed by atoms with Gasteiger partial charge in [-0.2, -0.15) is 0 Å². The quantitative estimate of drug-likeness (QED) is 0.465.